The number of nitrogens with one attached hydrogen (secondary N) is 2. The first-order valence-corrected chi connectivity index (χ1v) is 9.49. The fourth-order valence-corrected chi connectivity index (χ4v) is 4.31. The van der Waals surface area contributed by atoms with Crippen molar-refractivity contribution in [3.63, 3.8) is 0 Å². The van der Waals surface area contributed by atoms with Gasteiger partial charge in [0.15, 0.2) is 5.78 Å². The molecule has 5 heteroatoms. The molecule has 3 rings (SSSR count). The van der Waals surface area contributed by atoms with Crippen LogP contribution in [0.2, 0.25) is 0 Å². The van der Waals surface area contributed by atoms with Crippen molar-refractivity contribution in [3.8, 4) is 0 Å². The normalized spacial score (nSPS) is 27.8. The van der Waals surface area contributed by atoms with Crippen molar-refractivity contribution in [1.29, 1.82) is 0 Å². The van der Waals surface area contributed by atoms with Crippen molar-refractivity contribution >= 4 is 11.7 Å². The molecule has 0 bridgehead atoms. The van der Waals surface area contributed by atoms with Crippen LogP contribution in [-0.4, -0.2) is 55.4 Å². The van der Waals surface area contributed by atoms with E-state index in [1.54, 1.807) is 0 Å². The second-order valence-corrected chi connectivity index (χ2v) is 7.49. The number of carbonyl (C=O) groups is 2. The molecule has 1 aliphatic carbocycles. The summed E-state index contributed by atoms with van der Waals surface area (Å²) in [5, 5.41) is 6.65. The fraction of sp³-hybridized carbons (Fsp3) is 0.889. The first-order chi connectivity index (χ1) is 11.2. The van der Waals surface area contributed by atoms with Crippen molar-refractivity contribution in [3.05, 3.63) is 0 Å². The first kappa shape index (κ1) is 16.9. The summed E-state index contributed by atoms with van der Waals surface area (Å²) >= 11 is 0. The quantitative estimate of drug-likeness (QED) is 0.820. The van der Waals surface area contributed by atoms with Crippen molar-refractivity contribution in [2.24, 2.45) is 11.8 Å². The molecule has 130 valence electrons. The highest BCUT2D eigenvalue weighted by atomic mass is 16.2. The van der Waals surface area contributed by atoms with Crippen LogP contribution in [0.5, 0.6) is 0 Å². The maximum atomic E-state index is 12.7. The van der Waals surface area contributed by atoms with E-state index in [0.29, 0.717) is 24.7 Å². The van der Waals surface area contributed by atoms with E-state index in [9.17, 15) is 9.59 Å². The van der Waals surface area contributed by atoms with Gasteiger partial charge in [-0.15, -0.1) is 0 Å². The molecule has 5 nitrogen and oxygen atoms in total. The van der Waals surface area contributed by atoms with E-state index in [2.05, 4.69) is 10.6 Å². The summed E-state index contributed by atoms with van der Waals surface area (Å²) < 4.78 is 0. The zero-order chi connectivity index (χ0) is 16.1. The van der Waals surface area contributed by atoms with Gasteiger partial charge in [0.2, 0.25) is 5.91 Å². The largest absolute Gasteiger partial charge is 0.339 e. The predicted molar refractivity (Wildman–Crippen MR) is 90.2 cm³/mol. The molecule has 2 saturated heterocycles. The van der Waals surface area contributed by atoms with E-state index in [-0.39, 0.29) is 17.9 Å². The van der Waals surface area contributed by atoms with Gasteiger partial charge in [-0.05, 0) is 31.8 Å². The molecule has 0 aromatic carbocycles. The van der Waals surface area contributed by atoms with Crippen molar-refractivity contribution < 1.29 is 9.59 Å². The van der Waals surface area contributed by atoms with Gasteiger partial charge in [0.05, 0.1) is 6.04 Å². The van der Waals surface area contributed by atoms with Crippen LogP contribution < -0.4 is 10.6 Å². The Morgan fingerprint density at radius 3 is 2.43 bits per heavy atom. The lowest BCUT2D eigenvalue weighted by molar-refractivity contribution is -0.138. The van der Waals surface area contributed by atoms with Crippen molar-refractivity contribution in [2.75, 3.05) is 32.7 Å². The van der Waals surface area contributed by atoms with E-state index in [0.717, 1.165) is 39.0 Å². The van der Waals surface area contributed by atoms with E-state index in [4.69, 9.17) is 0 Å². The van der Waals surface area contributed by atoms with Gasteiger partial charge in [-0.2, -0.15) is 0 Å². The smallest absolute Gasteiger partial charge is 0.225 e. The highest BCUT2D eigenvalue weighted by Gasteiger charge is 2.32. The number of hydrogen-bond donors (Lipinski definition) is 2. The lowest BCUT2D eigenvalue weighted by Gasteiger charge is -2.36. The Morgan fingerprint density at radius 1 is 0.957 bits per heavy atom. The van der Waals surface area contributed by atoms with Crippen LogP contribution in [0.15, 0.2) is 0 Å². The molecule has 3 fully saturated rings. The third-order valence-electron chi connectivity index (χ3n) is 5.78. The summed E-state index contributed by atoms with van der Waals surface area (Å²) in [6, 6.07) is -0.142. The topological polar surface area (TPSA) is 61.4 Å². The number of piperazine rings is 1. The third kappa shape index (κ3) is 4.54. The molecule has 0 radical (unpaired) electrons. The highest BCUT2D eigenvalue weighted by Crippen LogP contribution is 2.27. The molecule has 3 aliphatic rings. The van der Waals surface area contributed by atoms with Gasteiger partial charge < -0.3 is 15.5 Å². The summed E-state index contributed by atoms with van der Waals surface area (Å²) in [4.78, 5) is 27.2. The zero-order valence-electron chi connectivity index (χ0n) is 14.2. The molecule has 0 aromatic heterocycles. The van der Waals surface area contributed by atoms with Gasteiger partial charge in [0.25, 0.3) is 0 Å². The molecule has 1 unspecified atom stereocenters. The van der Waals surface area contributed by atoms with Crippen molar-refractivity contribution in [2.45, 2.75) is 57.4 Å². The molecule has 1 atom stereocenters. The second kappa shape index (κ2) is 8.25. The Morgan fingerprint density at radius 2 is 1.70 bits per heavy atom. The van der Waals surface area contributed by atoms with E-state index < -0.39 is 0 Å². The van der Waals surface area contributed by atoms with Gasteiger partial charge in [-0.3, -0.25) is 9.59 Å². The molecular formula is C18H31N3O2. The average Bonchev–Trinajstić information content (AvgIpc) is 2.63. The summed E-state index contributed by atoms with van der Waals surface area (Å²) in [5.74, 6) is 1.32. The Balaban J connectivity index is 1.50. The lowest BCUT2D eigenvalue weighted by Crippen LogP contribution is -2.57. The number of nitrogens with zero attached hydrogens (tertiary/aromatic N) is 1. The zero-order valence-corrected chi connectivity index (χ0v) is 14.2. The Bertz CT molecular complexity index is 414. The van der Waals surface area contributed by atoms with Gasteiger partial charge in [0.1, 0.15) is 0 Å². The molecule has 2 aliphatic heterocycles. The number of piperidine rings is 1. The minimum Gasteiger partial charge on any atom is -0.339 e. The summed E-state index contributed by atoms with van der Waals surface area (Å²) in [6.45, 7) is 3.95. The van der Waals surface area contributed by atoms with Gasteiger partial charge in [-0.25, -0.2) is 0 Å². The standard InChI is InChI=1S/C18H31N3O2/c22-17(12-14-4-2-1-3-5-14)16-13-21(11-10-20-16)18(23)15-6-8-19-9-7-15/h14-16,19-20H,1-13H2. The lowest BCUT2D eigenvalue weighted by atomic mass is 9.84. The van der Waals surface area contributed by atoms with Crippen LogP contribution in [-0.2, 0) is 9.59 Å². The summed E-state index contributed by atoms with van der Waals surface area (Å²) in [5.41, 5.74) is 0. The number of Topliss-reactive ketones (excluding diaryl/α,β-unsaturated/α-hetero) is 1. The van der Waals surface area contributed by atoms with Gasteiger partial charge >= 0.3 is 0 Å². The van der Waals surface area contributed by atoms with Gasteiger partial charge in [-0.1, -0.05) is 32.1 Å². The maximum absolute atomic E-state index is 12.7. The van der Waals surface area contributed by atoms with Crippen LogP contribution in [0.25, 0.3) is 0 Å². The van der Waals surface area contributed by atoms with Crippen LogP contribution >= 0.6 is 0 Å². The van der Waals surface area contributed by atoms with Crippen LogP contribution in [0.4, 0.5) is 0 Å². The molecule has 2 N–H and O–H groups in total. The molecule has 1 saturated carbocycles. The van der Waals surface area contributed by atoms with E-state index in [1.165, 1.54) is 32.1 Å². The fourth-order valence-electron chi connectivity index (χ4n) is 4.31. The number of carbonyl (C=O) groups excluding carboxylic acids is 2. The van der Waals surface area contributed by atoms with Crippen LogP contribution in [0.1, 0.15) is 51.4 Å². The highest BCUT2D eigenvalue weighted by molar-refractivity contribution is 5.86. The van der Waals surface area contributed by atoms with E-state index >= 15 is 0 Å². The predicted octanol–water partition coefficient (Wildman–Crippen LogP) is 1.33. The van der Waals surface area contributed by atoms with E-state index in [1.807, 2.05) is 4.90 Å². The minimum absolute atomic E-state index is 0.142. The first-order valence-electron chi connectivity index (χ1n) is 9.49. The maximum Gasteiger partial charge on any atom is 0.225 e. The number of amides is 1. The SMILES string of the molecule is O=C(CC1CCCCC1)C1CN(C(=O)C2CCNCC2)CCN1. The minimum atomic E-state index is -0.142. The Kier molecular flexibility index (Phi) is 6.06. The second-order valence-electron chi connectivity index (χ2n) is 7.49. The van der Waals surface area contributed by atoms with Crippen LogP contribution in [0, 0.1) is 11.8 Å². The molecule has 0 spiro atoms. The third-order valence-corrected chi connectivity index (χ3v) is 5.78. The monoisotopic (exact) mass is 321 g/mol. The average molecular weight is 321 g/mol. The number of hydrogen-bond acceptors (Lipinski definition) is 4. The summed E-state index contributed by atoms with van der Waals surface area (Å²) in [6.07, 6.45) is 8.85. The summed E-state index contributed by atoms with van der Waals surface area (Å²) in [7, 11) is 0. The van der Waals surface area contributed by atoms with Crippen molar-refractivity contribution in [1.82, 2.24) is 15.5 Å². The van der Waals surface area contributed by atoms with Crippen LogP contribution in [0.3, 0.4) is 0 Å². The number of rotatable bonds is 4. The molecule has 0 aromatic rings. The Labute approximate surface area is 139 Å². The number of ketones is 1. The Hall–Kier alpha value is -0.940. The molecular weight excluding hydrogens is 290 g/mol. The molecule has 1 amide bonds. The molecule has 23 heavy (non-hydrogen) atoms. The van der Waals surface area contributed by atoms with Gasteiger partial charge in [0, 0.05) is 32.0 Å². The molecule has 2 heterocycles.